The Morgan fingerprint density at radius 3 is 3.00 bits per heavy atom. The topological polar surface area (TPSA) is 86.8 Å². The zero-order chi connectivity index (χ0) is 16.7. The summed E-state index contributed by atoms with van der Waals surface area (Å²) >= 11 is 0. The van der Waals surface area contributed by atoms with Gasteiger partial charge >= 0.3 is 0 Å². The molecule has 6 nitrogen and oxygen atoms in total. The number of aryl methyl sites for hydroxylation is 1. The van der Waals surface area contributed by atoms with Gasteiger partial charge in [0.05, 0.1) is 35.0 Å². The van der Waals surface area contributed by atoms with Crippen molar-refractivity contribution in [1.29, 1.82) is 5.26 Å². The van der Waals surface area contributed by atoms with Crippen LogP contribution in [0.25, 0.3) is 10.9 Å². The number of rotatable bonds is 3. The minimum absolute atomic E-state index is 0.0121. The molecule has 1 aromatic carbocycles. The second kappa shape index (κ2) is 5.62. The van der Waals surface area contributed by atoms with E-state index in [1.54, 1.807) is 17.1 Å². The van der Waals surface area contributed by atoms with Gasteiger partial charge in [-0.25, -0.2) is 0 Å². The fourth-order valence-corrected chi connectivity index (χ4v) is 3.31. The molecule has 1 aliphatic carbocycles. The largest absolute Gasteiger partial charge is 0.391 e. The number of fused-ring (bicyclic) bond motifs is 1. The Morgan fingerprint density at radius 2 is 2.29 bits per heavy atom. The molecule has 1 fully saturated rings. The molecular formula is C18H17N5O. The Kier molecular flexibility index (Phi) is 3.44. The first-order valence-corrected chi connectivity index (χ1v) is 7.90. The van der Waals surface area contributed by atoms with E-state index < -0.39 is 6.10 Å². The van der Waals surface area contributed by atoms with Gasteiger partial charge in [0.1, 0.15) is 6.07 Å². The third kappa shape index (κ3) is 2.30. The molecule has 120 valence electrons. The monoisotopic (exact) mass is 319 g/mol. The number of pyridine rings is 1. The highest BCUT2D eigenvalue weighted by Crippen LogP contribution is 2.37. The third-order valence-electron chi connectivity index (χ3n) is 4.61. The molecule has 24 heavy (non-hydrogen) atoms. The number of nitriles is 1. The van der Waals surface area contributed by atoms with Crippen LogP contribution in [0.5, 0.6) is 0 Å². The van der Waals surface area contributed by atoms with Crippen LogP contribution in [0.15, 0.2) is 42.9 Å². The van der Waals surface area contributed by atoms with Crippen molar-refractivity contribution in [3.8, 4) is 6.07 Å². The normalized spacial score (nSPS) is 22.8. The molecule has 0 radical (unpaired) electrons. The van der Waals surface area contributed by atoms with E-state index in [2.05, 4.69) is 21.5 Å². The van der Waals surface area contributed by atoms with Crippen molar-refractivity contribution in [3.05, 3.63) is 54.0 Å². The van der Waals surface area contributed by atoms with E-state index in [-0.39, 0.29) is 12.1 Å². The number of benzene rings is 1. The molecule has 0 spiro atoms. The SMILES string of the molecule is Cc1ccc2ncc(C#N)c(N[C@H]3C[C@@H](O)[C@@H]3n3cccn3)c2c1. The lowest BCUT2D eigenvalue weighted by atomic mass is 9.82. The van der Waals surface area contributed by atoms with Crippen LogP contribution < -0.4 is 5.32 Å². The van der Waals surface area contributed by atoms with Gasteiger partial charge in [0.15, 0.2) is 0 Å². The quantitative estimate of drug-likeness (QED) is 0.774. The lowest BCUT2D eigenvalue weighted by Gasteiger charge is -2.42. The molecule has 0 unspecified atom stereocenters. The van der Waals surface area contributed by atoms with Crippen LogP contribution in [0.4, 0.5) is 5.69 Å². The van der Waals surface area contributed by atoms with Gasteiger partial charge in [-0.05, 0) is 31.5 Å². The van der Waals surface area contributed by atoms with Crippen molar-refractivity contribution in [3.63, 3.8) is 0 Å². The van der Waals surface area contributed by atoms with Crippen molar-refractivity contribution in [2.45, 2.75) is 31.5 Å². The molecule has 0 amide bonds. The zero-order valence-electron chi connectivity index (χ0n) is 13.2. The number of hydrogen-bond donors (Lipinski definition) is 2. The third-order valence-corrected chi connectivity index (χ3v) is 4.61. The summed E-state index contributed by atoms with van der Waals surface area (Å²) in [6.45, 7) is 2.02. The van der Waals surface area contributed by atoms with Crippen LogP contribution in [0.3, 0.4) is 0 Å². The standard InChI is InChI=1S/C18H17N5O/c1-11-3-4-14-13(7-11)17(12(9-19)10-20-14)22-15-8-16(24)18(15)23-6-2-5-21-23/h2-7,10,15-16,18,24H,8H2,1H3,(H,20,22)/t15-,16+,18+/m0/s1. The van der Waals surface area contributed by atoms with Crippen LogP contribution in [0.2, 0.25) is 0 Å². The predicted octanol–water partition coefficient (Wildman–Crippen LogP) is 2.40. The molecule has 2 heterocycles. The van der Waals surface area contributed by atoms with Crippen molar-refractivity contribution in [2.75, 3.05) is 5.32 Å². The molecular weight excluding hydrogens is 302 g/mol. The van der Waals surface area contributed by atoms with Gasteiger partial charge in [-0.2, -0.15) is 10.4 Å². The highest BCUT2D eigenvalue weighted by Gasteiger charge is 2.42. The van der Waals surface area contributed by atoms with Gasteiger partial charge in [-0.3, -0.25) is 9.67 Å². The van der Waals surface area contributed by atoms with Crippen LogP contribution in [0, 0.1) is 18.3 Å². The maximum atomic E-state index is 10.1. The highest BCUT2D eigenvalue weighted by atomic mass is 16.3. The lowest BCUT2D eigenvalue weighted by molar-refractivity contribution is 0.0134. The molecule has 0 bridgehead atoms. The van der Waals surface area contributed by atoms with E-state index in [0.717, 1.165) is 22.2 Å². The number of aliphatic hydroxyl groups is 1. The second-order valence-electron chi connectivity index (χ2n) is 6.21. The average Bonchev–Trinajstić information content (AvgIpc) is 3.07. The summed E-state index contributed by atoms with van der Waals surface area (Å²) in [5.74, 6) is 0. The Labute approximate surface area is 139 Å². The molecule has 2 N–H and O–H groups in total. The van der Waals surface area contributed by atoms with E-state index in [0.29, 0.717) is 12.0 Å². The van der Waals surface area contributed by atoms with Gasteiger partial charge in [-0.1, -0.05) is 11.6 Å². The zero-order valence-corrected chi connectivity index (χ0v) is 13.2. The number of aromatic nitrogens is 3. The van der Waals surface area contributed by atoms with E-state index in [4.69, 9.17) is 0 Å². The molecule has 1 aliphatic rings. The molecule has 4 rings (SSSR count). The summed E-state index contributed by atoms with van der Waals surface area (Å²) in [6.07, 6.45) is 5.32. The lowest BCUT2D eigenvalue weighted by Crippen LogP contribution is -2.51. The first-order chi connectivity index (χ1) is 11.7. The molecule has 3 atom stereocenters. The number of nitrogens with one attached hydrogen (secondary N) is 1. The van der Waals surface area contributed by atoms with E-state index in [1.807, 2.05) is 37.4 Å². The van der Waals surface area contributed by atoms with Gasteiger partial charge in [0.2, 0.25) is 0 Å². The van der Waals surface area contributed by atoms with Crippen LogP contribution in [0.1, 0.15) is 23.6 Å². The van der Waals surface area contributed by atoms with Crippen molar-refractivity contribution in [2.24, 2.45) is 0 Å². The molecule has 1 saturated carbocycles. The van der Waals surface area contributed by atoms with Crippen LogP contribution in [-0.4, -0.2) is 32.0 Å². The van der Waals surface area contributed by atoms with Crippen LogP contribution >= 0.6 is 0 Å². The maximum absolute atomic E-state index is 10.1. The number of hydrogen-bond acceptors (Lipinski definition) is 5. The number of anilines is 1. The molecule has 0 aliphatic heterocycles. The maximum Gasteiger partial charge on any atom is 0.103 e. The number of aliphatic hydroxyl groups excluding tert-OH is 1. The number of nitrogens with zero attached hydrogens (tertiary/aromatic N) is 4. The second-order valence-corrected chi connectivity index (χ2v) is 6.21. The van der Waals surface area contributed by atoms with Gasteiger partial charge in [0.25, 0.3) is 0 Å². The Balaban J connectivity index is 1.74. The summed E-state index contributed by atoms with van der Waals surface area (Å²) < 4.78 is 1.77. The van der Waals surface area contributed by atoms with Gasteiger partial charge in [-0.15, -0.1) is 0 Å². The first-order valence-electron chi connectivity index (χ1n) is 7.90. The van der Waals surface area contributed by atoms with Crippen molar-refractivity contribution < 1.29 is 5.11 Å². The summed E-state index contributed by atoms with van der Waals surface area (Å²) in [4.78, 5) is 4.36. The summed E-state index contributed by atoms with van der Waals surface area (Å²) in [7, 11) is 0. The van der Waals surface area contributed by atoms with E-state index >= 15 is 0 Å². The summed E-state index contributed by atoms with van der Waals surface area (Å²) in [6, 6.07) is 9.92. The molecule has 0 saturated heterocycles. The van der Waals surface area contributed by atoms with E-state index in [9.17, 15) is 10.4 Å². The molecule has 6 heteroatoms. The highest BCUT2D eigenvalue weighted by molar-refractivity contribution is 5.94. The van der Waals surface area contributed by atoms with Gasteiger partial charge in [0, 0.05) is 24.0 Å². The Hall–Kier alpha value is -2.91. The minimum atomic E-state index is -0.442. The van der Waals surface area contributed by atoms with Gasteiger partial charge < -0.3 is 10.4 Å². The minimum Gasteiger partial charge on any atom is -0.391 e. The molecule has 2 aromatic heterocycles. The summed E-state index contributed by atoms with van der Waals surface area (Å²) in [5, 5.41) is 28.2. The Morgan fingerprint density at radius 1 is 1.42 bits per heavy atom. The van der Waals surface area contributed by atoms with Crippen molar-refractivity contribution in [1.82, 2.24) is 14.8 Å². The fraction of sp³-hybridized carbons (Fsp3) is 0.278. The van der Waals surface area contributed by atoms with Crippen molar-refractivity contribution >= 4 is 16.6 Å². The van der Waals surface area contributed by atoms with Crippen LogP contribution in [-0.2, 0) is 0 Å². The average molecular weight is 319 g/mol. The smallest absolute Gasteiger partial charge is 0.103 e. The molecule has 3 aromatic rings. The predicted molar refractivity (Wildman–Crippen MR) is 90.5 cm³/mol. The Bertz CT molecular complexity index is 928. The first kappa shape index (κ1) is 14.7. The summed E-state index contributed by atoms with van der Waals surface area (Å²) in [5.41, 5.74) is 3.24. The van der Waals surface area contributed by atoms with E-state index in [1.165, 1.54) is 0 Å². The fourth-order valence-electron chi connectivity index (χ4n) is 3.31.